The summed E-state index contributed by atoms with van der Waals surface area (Å²) in [4.78, 5) is 1.37. The van der Waals surface area contributed by atoms with Crippen LogP contribution in [0.4, 0.5) is 0 Å². The number of aromatic nitrogens is 4. The maximum atomic E-state index is 9.99. The molecular formula is C9H18N4O2. The summed E-state index contributed by atoms with van der Waals surface area (Å²) in [6.07, 6.45) is 0.452. The number of aliphatic hydroxyl groups is 1. The SMILES string of the molecule is CCC(C)(OC)C(O)Cc1nnn(C)n1. The molecule has 0 amide bonds. The minimum atomic E-state index is -0.628. The predicted octanol–water partition coefficient (Wildman–Crippen LogP) is -0.0714. The minimum absolute atomic E-state index is 0.353. The van der Waals surface area contributed by atoms with Crippen molar-refractivity contribution in [2.75, 3.05) is 7.11 Å². The Labute approximate surface area is 89.2 Å². The van der Waals surface area contributed by atoms with E-state index in [1.54, 1.807) is 14.2 Å². The highest BCUT2D eigenvalue weighted by Crippen LogP contribution is 2.20. The summed E-state index contributed by atoms with van der Waals surface area (Å²) in [5.41, 5.74) is -0.556. The second-order valence-corrected chi connectivity index (χ2v) is 3.79. The van der Waals surface area contributed by atoms with E-state index in [1.807, 2.05) is 13.8 Å². The Balaban J connectivity index is 2.65. The van der Waals surface area contributed by atoms with Crippen LogP contribution in [-0.4, -0.2) is 44.1 Å². The fourth-order valence-corrected chi connectivity index (χ4v) is 1.31. The number of aliphatic hydroxyl groups excluding tert-OH is 1. The molecule has 2 atom stereocenters. The van der Waals surface area contributed by atoms with Crippen molar-refractivity contribution < 1.29 is 9.84 Å². The van der Waals surface area contributed by atoms with Crippen LogP contribution in [0.3, 0.4) is 0 Å². The lowest BCUT2D eigenvalue weighted by atomic mass is 9.93. The Morgan fingerprint density at radius 1 is 1.60 bits per heavy atom. The summed E-state index contributed by atoms with van der Waals surface area (Å²) < 4.78 is 5.29. The number of hydrogen-bond acceptors (Lipinski definition) is 5. The van der Waals surface area contributed by atoms with Gasteiger partial charge in [-0.25, -0.2) is 0 Å². The first-order chi connectivity index (χ1) is 7.01. The number of tetrazole rings is 1. The molecule has 0 spiro atoms. The second-order valence-electron chi connectivity index (χ2n) is 3.79. The molecule has 1 aromatic rings. The summed E-state index contributed by atoms with van der Waals surface area (Å²) in [6, 6.07) is 0. The van der Waals surface area contributed by atoms with Gasteiger partial charge in [0.1, 0.15) is 0 Å². The van der Waals surface area contributed by atoms with Crippen molar-refractivity contribution in [3.05, 3.63) is 5.82 Å². The van der Waals surface area contributed by atoms with Gasteiger partial charge in [0, 0.05) is 13.5 Å². The van der Waals surface area contributed by atoms with Crippen LogP contribution in [-0.2, 0) is 18.2 Å². The Morgan fingerprint density at radius 3 is 2.67 bits per heavy atom. The van der Waals surface area contributed by atoms with Crippen LogP contribution in [0, 0.1) is 0 Å². The smallest absolute Gasteiger partial charge is 0.177 e. The molecule has 0 saturated heterocycles. The highest BCUT2D eigenvalue weighted by Gasteiger charge is 2.32. The zero-order chi connectivity index (χ0) is 11.5. The third kappa shape index (κ3) is 2.73. The summed E-state index contributed by atoms with van der Waals surface area (Å²) in [5, 5.41) is 21.5. The maximum absolute atomic E-state index is 9.99. The number of nitrogens with zero attached hydrogens (tertiary/aromatic N) is 4. The van der Waals surface area contributed by atoms with E-state index < -0.39 is 11.7 Å². The van der Waals surface area contributed by atoms with Gasteiger partial charge < -0.3 is 9.84 Å². The van der Waals surface area contributed by atoms with Crippen LogP contribution in [0.5, 0.6) is 0 Å². The van der Waals surface area contributed by atoms with Gasteiger partial charge in [-0.1, -0.05) is 6.92 Å². The Kier molecular flexibility index (Phi) is 3.76. The topological polar surface area (TPSA) is 73.1 Å². The second kappa shape index (κ2) is 4.67. The minimum Gasteiger partial charge on any atom is -0.390 e. The molecular weight excluding hydrogens is 196 g/mol. The summed E-state index contributed by atoms with van der Waals surface area (Å²) in [6.45, 7) is 3.84. The van der Waals surface area contributed by atoms with Gasteiger partial charge in [0.2, 0.25) is 0 Å². The number of hydrogen-bond donors (Lipinski definition) is 1. The standard InChI is InChI=1S/C9H18N4O2/c1-5-9(2,15-4)7(14)6-8-10-12-13(3)11-8/h7,14H,5-6H2,1-4H3. The average molecular weight is 214 g/mol. The first-order valence-electron chi connectivity index (χ1n) is 4.98. The highest BCUT2D eigenvalue weighted by molar-refractivity contribution is 4.90. The molecule has 0 aliphatic carbocycles. The van der Waals surface area contributed by atoms with Crippen molar-refractivity contribution in [2.24, 2.45) is 7.05 Å². The summed E-state index contributed by atoms with van der Waals surface area (Å²) >= 11 is 0. The van der Waals surface area contributed by atoms with E-state index in [0.717, 1.165) is 6.42 Å². The molecule has 0 aliphatic rings. The van der Waals surface area contributed by atoms with Crippen LogP contribution >= 0.6 is 0 Å². The Morgan fingerprint density at radius 2 is 2.27 bits per heavy atom. The lowest BCUT2D eigenvalue weighted by Crippen LogP contribution is -2.42. The van der Waals surface area contributed by atoms with Gasteiger partial charge in [0.25, 0.3) is 0 Å². The normalized spacial score (nSPS) is 17.4. The molecule has 0 aliphatic heterocycles. The van der Waals surface area contributed by atoms with Crippen molar-refractivity contribution in [2.45, 2.75) is 38.4 Å². The van der Waals surface area contributed by atoms with E-state index in [4.69, 9.17) is 4.74 Å². The summed E-state index contributed by atoms with van der Waals surface area (Å²) in [7, 11) is 3.29. The molecule has 0 radical (unpaired) electrons. The molecule has 1 rings (SSSR count). The maximum Gasteiger partial charge on any atom is 0.177 e. The van der Waals surface area contributed by atoms with Crippen molar-refractivity contribution in [3.63, 3.8) is 0 Å². The molecule has 0 bridgehead atoms. The third-order valence-electron chi connectivity index (χ3n) is 2.80. The lowest BCUT2D eigenvalue weighted by molar-refractivity contribution is -0.0921. The largest absolute Gasteiger partial charge is 0.390 e. The van der Waals surface area contributed by atoms with Gasteiger partial charge >= 0.3 is 0 Å². The van der Waals surface area contributed by atoms with Gasteiger partial charge in [-0.3, -0.25) is 0 Å². The summed E-state index contributed by atoms with van der Waals surface area (Å²) in [5.74, 6) is 0.529. The van der Waals surface area contributed by atoms with Crippen LogP contribution in [0.15, 0.2) is 0 Å². The van der Waals surface area contributed by atoms with Crippen molar-refractivity contribution in [3.8, 4) is 0 Å². The van der Waals surface area contributed by atoms with Crippen molar-refractivity contribution in [1.82, 2.24) is 20.2 Å². The Bertz CT molecular complexity index is 309. The lowest BCUT2D eigenvalue weighted by Gasteiger charge is -2.31. The molecule has 6 heteroatoms. The molecule has 15 heavy (non-hydrogen) atoms. The van der Waals surface area contributed by atoms with Crippen LogP contribution in [0.25, 0.3) is 0 Å². The van der Waals surface area contributed by atoms with Crippen LogP contribution in [0.1, 0.15) is 26.1 Å². The van der Waals surface area contributed by atoms with Gasteiger partial charge in [-0.05, 0) is 18.6 Å². The number of ether oxygens (including phenoxy) is 1. The molecule has 6 nitrogen and oxygen atoms in total. The van der Waals surface area contributed by atoms with Gasteiger partial charge in [-0.2, -0.15) is 4.80 Å². The van der Waals surface area contributed by atoms with Crippen molar-refractivity contribution >= 4 is 0 Å². The molecule has 1 aromatic heterocycles. The quantitative estimate of drug-likeness (QED) is 0.742. The molecule has 0 aromatic carbocycles. The Hall–Kier alpha value is -1.01. The third-order valence-corrected chi connectivity index (χ3v) is 2.80. The van der Waals surface area contributed by atoms with E-state index in [9.17, 15) is 5.11 Å². The molecule has 86 valence electrons. The fraction of sp³-hybridized carbons (Fsp3) is 0.889. The zero-order valence-electron chi connectivity index (χ0n) is 9.64. The fourth-order valence-electron chi connectivity index (χ4n) is 1.31. The van der Waals surface area contributed by atoms with E-state index in [2.05, 4.69) is 15.4 Å². The molecule has 1 N–H and O–H groups in total. The average Bonchev–Trinajstić information content (AvgIpc) is 2.62. The zero-order valence-corrected chi connectivity index (χ0v) is 9.64. The van der Waals surface area contributed by atoms with Gasteiger partial charge in [0.15, 0.2) is 5.82 Å². The first kappa shape index (κ1) is 12.1. The first-order valence-corrected chi connectivity index (χ1v) is 4.98. The predicted molar refractivity (Wildman–Crippen MR) is 54.2 cm³/mol. The molecule has 0 fully saturated rings. The van der Waals surface area contributed by atoms with Crippen molar-refractivity contribution in [1.29, 1.82) is 0 Å². The van der Waals surface area contributed by atoms with Gasteiger partial charge in [-0.15, -0.1) is 10.2 Å². The monoisotopic (exact) mass is 214 g/mol. The van der Waals surface area contributed by atoms with Crippen LogP contribution < -0.4 is 0 Å². The van der Waals surface area contributed by atoms with Gasteiger partial charge in [0.05, 0.1) is 18.8 Å². The van der Waals surface area contributed by atoms with Crippen LogP contribution in [0.2, 0.25) is 0 Å². The van der Waals surface area contributed by atoms with E-state index >= 15 is 0 Å². The molecule has 1 heterocycles. The molecule has 2 unspecified atom stereocenters. The van der Waals surface area contributed by atoms with E-state index in [0.29, 0.717) is 12.2 Å². The highest BCUT2D eigenvalue weighted by atomic mass is 16.5. The van der Waals surface area contributed by atoms with E-state index in [-0.39, 0.29) is 0 Å². The molecule has 0 saturated carbocycles. The number of rotatable bonds is 5. The number of methoxy groups -OCH3 is 1. The number of aryl methyl sites for hydroxylation is 1. The van der Waals surface area contributed by atoms with E-state index in [1.165, 1.54) is 4.80 Å².